The third-order valence-electron chi connectivity index (χ3n) is 3.11. The molecule has 0 aliphatic heterocycles. The molecule has 2 atom stereocenters. The number of hydrogen-bond acceptors (Lipinski definition) is 5. The van der Waals surface area contributed by atoms with Crippen molar-refractivity contribution < 1.29 is 10.3 Å². The van der Waals surface area contributed by atoms with E-state index in [1.807, 2.05) is 19.2 Å². The standard InChI is InChI=1S/C13H20ClN3O2S/c1-8(12(7-18)20-2)16-6-10-4-3-9(5-11(10)14)13(15)17-19/h3-5,8,12,16,18-19H,6-7H2,1-2H3,(H2,15,17). The molecule has 0 amide bonds. The molecule has 0 saturated carbocycles. The molecule has 7 heteroatoms. The topological polar surface area (TPSA) is 90.9 Å². The maximum absolute atomic E-state index is 9.24. The Kier molecular flexibility index (Phi) is 7.15. The van der Waals surface area contributed by atoms with Gasteiger partial charge in [-0.3, -0.25) is 0 Å². The molecule has 1 aromatic rings. The van der Waals surface area contributed by atoms with Crippen LogP contribution in [0, 0.1) is 0 Å². The van der Waals surface area contributed by atoms with Crippen molar-refractivity contribution in [2.24, 2.45) is 10.9 Å². The highest BCUT2D eigenvalue weighted by molar-refractivity contribution is 7.99. The molecule has 112 valence electrons. The highest BCUT2D eigenvalue weighted by Gasteiger charge is 2.15. The minimum atomic E-state index is 0.0301. The summed E-state index contributed by atoms with van der Waals surface area (Å²) in [6.07, 6.45) is 1.97. The van der Waals surface area contributed by atoms with Crippen molar-refractivity contribution >= 4 is 29.2 Å². The minimum absolute atomic E-state index is 0.0301. The number of amidine groups is 1. The number of benzene rings is 1. The maximum atomic E-state index is 9.24. The molecule has 1 rings (SSSR count). The van der Waals surface area contributed by atoms with Gasteiger partial charge in [-0.25, -0.2) is 0 Å². The van der Waals surface area contributed by atoms with Gasteiger partial charge in [0.2, 0.25) is 0 Å². The normalized spacial score (nSPS) is 15.1. The minimum Gasteiger partial charge on any atom is -0.409 e. The van der Waals surface area contributed by atoms with Crippen molar-refractivity contribution in [2.75, 3.05) is 12.9 Å². The number of oxime groups is 1. The first-order chi connectivity index (χ1) is 9.53. The Morgan fingerprint density at radius 2 is 2.25 bits per heavy atom. The molecule has 2 unspecified atom stereocenters. The summed E-state index contributed by atoms with van der Waals surface area (Å²) >= 11 is 7.80. The van der Waals surface area contributed by atoms with Crippen molar-refractivity contribution in [1.29, 1.82) is 0 Å². The van der Waals surface area contributed by atoms with E-state index in [-0.39, 0.29) is 23.7 Å². The van der Waals surface area contributed by atoms with E-state index < -0.39 is 0 Å². The summed E-state index contributed by atoms with van der Waals surface area (Å²) in [6.45, 7) is 2.75. The van der Waals surface area contributed by atoms with Gasteiger partial charge in [0.15, 0.2) is 5.84 Å². The van der Waals surface area contributed by atoms with Crippen LogP contribution in [0.1, 0.15) is 18.1 Å². The predicted octanol–water partition coefficient (Wildman–Crippen LogP) is 1.64. The van der Waals surface area contributed by atoms with Gasteiger partial charge < -0.3 is 21.4 Å². The quantitative estimate of drug-likeness (QED) is 0.266. The summed E-state index contributed by atoms with van der Waals surface area (Å²) in [5, 5.41) is 24.8. The van der Waals surface area contributed by atoms with Gasteiger partial charge in [-0.1, -0.05) is 28.9 Å². The molecular formula is C13H20ClN3O2S. The summed E-state index contributed by atoms with van der Waals surface area (Å²) in [5.74, 6) is 0.0301. The van der Waals surface area contributed by atoms with E-state index >= 15 is 0 Å². The maximum Gasteiger partial charge on any atom is 0.170 e. The fourth-order valence-corrected chi connectivity index (χ4v) is 2.65. The van der Waals surface area contributed by atoms with Crippen LogP contribution < -0.4 is 11.1 Å². The zero-order valence-electron chi connectivity index (χ0n) is 11.5. The van der Waals surface area contributed by atoms with E-state index in [1.54, 1.807) is 23.9 Å². The number of nitrogens with one attached hydrogen (secondary N) is 1. The Balaban J connectivity index is 2.70. The monoisotopic (exact) mass is 317 g/mol. The highest BCUT2D eigenvalue weighted by atomic mass is 35.5. The first-order valence-electron chi connectivity index (χ1n) is 6.16. The molecule has 5 N–H and O–H groups in total. The van der Waals surface area contributed by atoms with Crippen LogP contribution in [0.2, 0.25) is 5.02 Å². The molecule has 0 heterocycles. The molecule has 0 spiro atoms. The Bertz CT molecular complexity index is 467. The highest BCUT2D eigenvalue weighted by Crippen LogP contribution is 2.19. The van der Waals surface area contributed by atoms with Crippen LogP contribution in [0.15, 0.2) is 23.4 Å². The lowest BCUT2D eigenvalue weighted by atomic mass is 10.1. The SMILES string of the molecule is CSC(CO)C(C)NCc1ccc(/C(N)=N/O)cc1Cl. The lowest BCUT2D eigenvalue weighted by Gasteiger charge is -2.21. The van der Waals surface area contributed by atoms with Gasteiger partial charge in [-0.15, -0.1) is 0 Å². The second kappa shape index (κ2) is 8.36. The number of aliphatic hydroxyl groups excluding tert-OH is 1. The van der Waals surface area contributed by atoms with Crippen LogP contribution >= 0.6 is 23.4 Å². The molecule has 0 aromatic heterocycles. The van der Waals surface area contributed by atoms with Crippen molar-refractivity contribution in [1.82, 2.24) is 5.32 Å². The van der Waals surface area contributed by atoms with Gasteiger partial charge >= 0.3 is 0 Å². The zero-order valence-corrected chi connectivity index (χ0v) is 13.1. The molecule has 1 aromatic carbocycles. The average molecular weight is 318 g/mol. The fraction of sp³-hybridized carbons (Fsp3) is 0.462. The summed E-state index contributed by atoms with van der Waals surface area (Å²) in [5.41, 5.74) is 7.00. The van der Waals surface area contributed by atoms with Gasteiger partial charge in [-0.2, -0.15) is 11.8 Å². The Morgan fingerprint density at radius 3 is 2.75 bits per heavy atom. The van der Waals surface area contributed by atoms with E-state index in [1.165, 1.54) is 0 Å². The van der Waals surface area contributed by atoms with Gasteiger partial charge in [0.05, 0.1) is 6.61 Å². The molecule has 0 aliphatic rings. The first-order valence-corrected chi connectivity index (χ1v) is 7.83. The lowest BCUT2D eigenvalue weighted by molar-refractivity contribution is 0.276. The molecule has 0 saturated heterocycles. The van der Waals surface area contributed by atoms with E-state index in [9.17, 15) is 5.11 Å². The largest absolute Gasteiger partial charge is 0.409 e. The van der Waals surface area contributed by atoms with Gasteiger partial charge in [-0.05, 0) is 24.8 Å². The second-order valence-corrected chi connectivity index (χ2v) is 5.90. The third kappa shape index (κ3) is 4.56. The van der Waals surface area contributed by atoms with E-state index in [0.29, 0.717) is 17.1 Å². The molecule has 0 radical (unpaired) electrons. The third-order valence-corrected chi connectivity index (χ3v) is 4.63. The Morgan fingerprint density at radius 1 is 1.55 bits per heavy atom. The fourth-order valence-electron chi connectivity index (χ4n) is 1.75. The number of nitrogens with zero attached hydrogens (tertiary/aromatic N) is 1. The zero-order chi connectivity index (χ0) is 15.1. The number of thioether (sulfide) groups is 1. The number of halogens is 1. The smallest absolute Gasteiger partial charge is 0.170 e. The van der Waals surface area contributed by atoms with Gasteiger partial charge in [0, 0.05) is 28.4 Å². The van der Waals surface area contributed by atoms with Gasteiger partial charge in [0.1, 0.15) is 0 Å². The van der Waals surface area contributed by atoms with Crippen molar-refractivity contribution in [3.8, 4) is 0 Å². The molecule has 0 fully saturated rings. The number of aliphatic hydroxyl groups is 1. The van der Waals surface area contributed by atoms with Gasteiger partial charge in [0.25, 0.3) is 0 Å². The summed E-state index contributed by atoms with van der Waals surface area (Å²) in [6, 6.07) is 5.41. The van der Waals surface area contributed by atoms with Crippen LogP contribution in [0.5, 0.6) is 0 Å². The lowest BCUT2D eigenvalue weighted by Crippen LogP contribution is -2.37. The summed E-state index contributed by atoms with van der Waals surface area (Å²) in [4.78, 5) is 0. The van der Waals surface area contributed by atoms with Crippen LogP contribution in [-0.4, -0.2) is 40.3 Å². The molecule has 0 aliphatic carbocycles. The van der Waals surface area contributed by atoms with Crippen molar-refractivity contribution in [2.45, 2.75) is 24.8 Å². The van der Waals surface area contributed by atoms with Crippen LogP contribution in [0.4, 0.5) is 0 Å². The Hall–Kier alpha value is -0.950. The summed E-state index contributed by atoms with van der Waals surface area (Å²) < 4.78 is 0. The number of hydrogen-bond donors (Lipinski definition) is 4. The Labute approximate surface area is 128 Å². The summed E-state index contributed by atoms with van der Waals surface area (Å²) in [7, 11) is 0. The van der Waals surface area contributed by atoms with E-state index in [2.05, 4.69) is 10.5 Å². The van der Waals surface area contributed by atoms with Crippen molar-refractivity contribution in [3.63, 3.8) is 0 Å². The molecule has 5 nitrogen and oxygen atoms in total. The average Bonchev–Trinajstić information content (AvgIpc) is 2.46. The molecule has 0 bridgehead atoms. The predicted molar refractivity (Wildman–Crippen MR) is 84.7 cm³/mol. The first kappa shape index (κ1) is 17.1. The van der Waals surface area contributed by atoms with E-state index in [4.69, 9.17) is 22.5 Å². The van der Waals surface area contributed by atoms with Crippen LogP contribution in [-0.2, 0) is 6.54 Å². The molecular weight excluding hydrogens is 298 g/mol. The van der Waals surface area contributed by atoms with Crippen LogP contribution in [0.3, 0.4) is 0 Å². The molecule has 20 heavy (non-hydrogen) atoms. The van der Waals surface area contributed by atoms with E-state index in [0.717, 1.165) is 5.56 Å². The second-order valence-electron chi connectivity index (χ2n) is 4.42. The van der Waals surface area contributed by atoms with Crippen molar-refractivity contribution in [3.05, 3.63) is 34.3 Å². The number of rotatable bonds is 7. The van der Waals surface area contributed by atoms with Crippen LogP contribution in [0.25, 0.3) is 0 Å². The number of nitrogens with two attached hydrogens (primary N) is 1.